The monoisotopic (exact) mass is 383 g/mol. The predicted octanol–water partition coefficient (Wildman–Crippen LogP) is 2.94. The number of aryl methyl sites for hydroxylation is 1. The molecule has 138 valence electrons. The van der Waals surface area contributed by atoms with Gasteiger partial charge in [-0.2, -0.15) is 0 Å². The molecule has 1 saturated heterocycles. The fourth-order valence-corrected chi connectivity index (χ4v) is 3.39. The van der Waals surface area contributed by atoms with E-state index in [0.717, 1.165) is 5.56 Å². The van der Waals surface area contributed by atoms with E-state index in [2.05, 4.69) is 15.6 Å². The molecular formula is C19H17N3O4S. The van der Waals surface area contributed by atoms with Gasteiger partial charge in [-0.05, 0) is 43.3 Å². The lowest BCUT2D eigenvalue weighted by Gasteiger charge is -2.07. The average Bonchev–Trinajstić information content (AvgIpc) is 2.96. The Hall–Kier alpha value is -3.13. The predicted molar refractivity (Wildman–Crippen MR) is 104 cm³/mol. The lowest BCUT2D eigenvalue weighted by atomic mass is 10.2. The van der Waals surface area contributed by atoms with Gasteiger partial charge in [0.15, 0.2) is 5.17 Å². The molecule has 7 nitrogen and oxygen atoms in total. The summed E-state index contributed by atoms with van der Waals surface area (Å²) >= 11 is 1.18. The standard InChI is InChI=1S/C19H17N3O4S/c1-11-2-6-13(7-3-11)20-16(23)10-15-17(24)22-19(27-15)21-14-8-4-12(5-9-14)18(25)26/h2-9,15H,10H2,1H3,(H,20,23)(H,25,26)(H,21,22,24). The molecule has 27 heavy (non-hydrogen) atoms. The molecule has 0 spiro atoms. The fraction of sp³-hybridized carbons (Fsp3) is 0.158. The van der Waals surface area contributed by atoms with E-state index in [-0.39, 0.29) is 23.8 Å². The maximum absolute atomic E-state index is 12.2. The summed E-state index contributed by atoms with van der Waals surface area (Å²) < 4.78 is 0. The Bertz CT molecular complexity index is 908. The maximum atomic E-state index is 12.2. The second-order valence-electron chi connectivity index (χ2n) is 5.98. The number of benzene rings is 2. The first kappa shape index (κ1) is 18.7. The minimum Gasteiger partial charge on any atom is -0.478 e. The van der Waals surface area contributed by atoms with Gasteiger partial charge in [-0.15, -0.1) is 0 Å². The van der Waals surface area contributed by atoms with Crippen LogP contribution in [0.3, 0.4) is 0 Å². The molecule has 3 N–H and O–H groups in total. The molecule has 2 amide bonds. The van der Waals surface area contributed by atoms with Crippen molar-refractivity contribution in [2.75, 3.05) is 5.32 Å². The molecule has 0 aliphatic carbocycles. The van der Waals surface area contributed by atoms with Gasteiger partial charge in [-0.3, -0.25) is 9.59 Å². The SMILES string of the molecule is Cc1ccc(NC(=O)CC2SC(=Nc3ccc(C(=O)O)cc3)NC2=O)cc1. The number of nitrogens with zero attached hydrogens (tertiary/aromatic N) is 1. The largest absolute Gasteiger partial charge is 0.478 e. The molecule has 2 aromatic rings. The molecule has 3 rings (SSSR count). The van der Waals surface area contributed by atoms with Crippen LogP contribution < -0.4 is 10.6 Å². The number of carboxylic acids is 1. The molecule has 1 unspecified atom stereocenters. The van der Waals surface area contributed by atoms with Gasteiger partial charge in [-0.25, -0.2) is 9.79 Å². The van der Waals surface area contributed by atoms with Crippen LogP contribution in [0.15, 0.2) is 53.5 Å². The number of carboxylic acid groups (broad SMARTS) is 1. The molecule has 1 aliphatic rings. The number of hydrogen-bond acceptors (Lipinski definition) is 5. The molecule has 1 fully saturated rings. The topological polar surface area (TPSA) is 108 Å². The van der Waals surface area contributed by atoms with Crippen LogP contribution in [0.2, 0.25) is 0 Å². The van der Waals surface area contributed by atoms with Gasteiger partial charge in [0.2, 0.25) is 11.8 Å². The number of thioether (sulfide) groups is 1. The summed E-state index contributed by atoms with van der Waals surface area (Å²) in [5.74, 6) is -1.55. The van der Waals surface area contributed by atoms with E-state index in [0.29, 0.717) is 16.5 Å². The van der Waals surface area contributed by atoms with Gasteiger partial charge in [-0.1, -0.05) is 29.5 Å². The number of rotatable bonds is 5. The second-order valence-corrected chi connectivity index (χ2v) is 7.17. The van der Waals surface area contributed by atoms with Crippen LogP contribution in [0.25, 0.3) is 0 Å². The molecule has 0 saturated carbocycles. The van der Waals surface area contributed by atoms with Crippen molar-refractivity contribution in [2.24, 2.45) is 4.99 Å². The highest BCUT2D eigenvalue weighted by Crippen LogP contribution is 2.25. The third-order valence-corrected chi connectivity index (χ3v) is 4.91. The molecule has 2 aromatic carbocycles. The lowest BCUT2D eigenvalue weighted by molar-refractivity contribution is -0.122. The van der Waals surface area contributed by atoms with Gasteiger partial charge in [0, 0.05) is 12.1 Å². The van der Waals surface area contributed by atoms with Gasteiger partial charge < -0.3 is 15.7 Å². The number of aliphatic imine (C=N–C) groups is 1. The van der Waals surface area contributed by atoms with Crippen molar-refractivity contribution in [1.82, 2.24) is 5.32 Å². The van der Waals surface area contributed by atoms with Crippen molar-refractivity contribution >= 4 is 46.1 Å². The number of hydrogen-bond donors (Lipinski definition) is 3. The van der Waals surface area contributed by atoms with Gasteiger partial charge in [0.1, 0.15) is 5.25 Å². The summed E-state index contributed by atoms with van der Waals surface area (Å²) in [4.78, 5) is 39.4. The van der Waals surface area contributed by atoms with Crippen LogP contribution in [0.4, 0.5) is 11.4 Å². The van der Waals surface area contributed by atoms with Crippen molar-refractivity contribution in [3.05, 3.63) is 59.7 Å². The quantitative estimate of drug-likeness (QED) is 0.736. The zero-order valence-corrected chi connectivity index (χ0v) is 15.2. The first-order chi connectivity index (χ1) is 12.9. The molecular weight excluding hydrogens is 366 g/mol. The van der Waals surface area contributed by atoms with Crippen molar-refractivity contribution in [3.63, 3.8) is 0 Å². The molecule has 8 heteroatoms. The summed E-state index contributed by atoms with van der Waals surface area (Å²) in [6, 6.07) is 13.4. The van der Waals surface area contributed by atoms with E-state index >= 15 is 0 Å². The summed E-state index contributed by atoms with van der Waals surface area (Å²) in [7, 11) is 0. The zero-order valence-electron chi connectivity index (χ0n) is 14.4. The number of anilines is 1. The highest BCUT2D eigenvalue weighted by atomic mass is 32.2. The van der Waals surface area contributed by atoms with E-state index in [1.165, 1.54) is 23.9 Å². The van der Waals surface area contributed by atoms with Crippen LogP contribution in [0.5, 0.6) is 0 Å². The van der Waals surface area contributed by atoms with E-state index in [4.69, 9.17) is 5.11 Å². The molecule has 1 atom stereocenters. The van der Waals surface area contributed by atoms with Crippen molar-refractivity contribution in [1.29, 1.82) is 0 Å². The third-order valence-electron chi connectivity index (χ3n) is 3.83. The zero-order chi connectivity index (χ0) is 19.4. The Kier molecular flexibility index (Phi) is 5.56. The Morgan fingerprint density at radius 2 is 1.81 bits per heavy atom. The molecule has 0 bridgehead atoms. The Morgan fingerprint density at radius 1 is 1.15 bits per heavy atom. The maximum Gasteiger partial charge on any atom is 0.335 e. The number of carbonyl (C=O) groups excluding carboxylic acids is 2. The van der Waals surface area contributed by atoms with Crippen LogP contribution in [-0.2, 0) is 9.59 Å². The number of amidine groups is 1. The van der Waals surface area contributed by atoms with Gasteiger partial charge in [0.25, 0.3) is 0 Å². The number of amides is 2. The smallest absolute Gasteiger partial charge is 0.335 e. The van der Waals surface area contributed by atoms with E-state index in [1.807, 2.05) is 31.2 Å². The van der Waals surface area contributed by atoms with E-state index in [9.17, 15) is 14.4 Å². The highest BCUT2D eigenvalue weighted by molar-refractivity contribution is 8.15. The van der Waals surface area contributed by atoms with Crippen LogP contribution in [0.1, 0.15) is 22.3 Å². The minimum absolute atomic E-state index is 0.0291. The minimum atomic E-state index is -1.02. The molecule has 0 aromatic heterocycles. The average molecular weight is 383 g/mol. The Labute approximate surface area is 159 Å². The van der Waals surface area contributed by atoms with E-state index in [1.54, 1.807) is 12.1 Å². The third kappa shape index (κ3) is 4.95. The van der Waals surface area contributed by atoms with Crippen LogP contribution >= 0.6 is 11.8 Å². The fourth-order valence-electron chi connectivity index (χ4n) is 2.41. The van der Waals surface area contributed by atoms with Gasteiger partial charge >= 0.3 is 5.97 Å². The van der Waals surface area contributed by atoms with Crippen LogP contribution in [0, 0.1) is 6.92 Å². The molecule has 1 aliphatic heterocycles. The number of aromatic carboxylic acids is 1. The molecule has 1 heterocycles. The summed E-state index contributed by atoms with van der Waals surface area (Å²) in [6.45, 7) is 1.96. The van der Waals surface area contributed by atoms with Gasteiger partial charge in [0.05, 0.1) is 11.3 Å². The van der Waals surface area contributed by atoms with Crippen molar-refractivity contribution < 1.29 is 19.5 Å². The summed E-state index contributed by atoms with van der Waals surface area (Å²) in [5.41, 5.74) is 2.46. The Morgan fingerprint density at radius 3 is 2.44 bits per heavy atom. The highest BCUT2D eigenvalue weighted by Gasteiger charge is 2.32. The molecule has 0 radical (unpaired) electrons. The van der Waals surface area contributed by atoms with Crippen molar-refractivity contribution in [2.45, 2.75) is 18.6 Å². The first-order valence-electron chi connectivity index (χ1n) is 8.17. The van der Waals surface area contributed by atoms with Crippen molar-refractivity contribution in [3.8, 4) is 0 Å². The van der Waals surface area contributed by atoms with Crippen LogP contribution in [-0.4, -0.2) is 33.3 Å². The summed E-state index contributed by atoms with van der Waals surface area (Å²) in [5, 5.41) is 14.1. The summed E-state index contributed by atoms with van der Waals surface area (Å²) in [6.07, 6.45) is 0.0291. The Balaban J connectivity index is 1.60. The normalized spacial score (nSPS) is 17.6. The second kappa shape index (κ2) is 8.05. The number of nitrogens with one attached hydrogen (secondary N) is 2. The first-order valence-corrected chi connectivity index (χ1v) is 9.05. The number of carbonyl (C=O) groups is 3. The lowest BCUT2D eigenvalue weighted by Crippen LogP contribution is -2.28. The van der Waals surface area contributed by atoms with E-state index < -0.39 is 11.2 Å².